The van der Waals surface area contributed by atoms with E-state index in [1.807, 2.05) is 0 Å². The molecule has 4 heteroatoms. The van der Waals surface area contributed by atoms with Crippen molar-refractivity contribution < 1.29 is 8.78 Å². The van der Waals surface area contributed by atoms with E-state index in [0.717, 1.165) is 37.7 Å². The summed E-state index contributed by atoms with van der Waals surface area (Å²) >= 11 is 0. The van der Waals surface area contributed by atoms with E-state index in [1.165, 1.54) is 6.07 Å². The van der Waals surface area contributed by atoms with E-state index < -0.39 is 11.6 Å². The lowest BCUT2D eigenvalue weighted by molar-refractivity contribution is 0.505. The fourth-order valence-electron chi connectivity index (χ4n) is 1.40. The van der Waals surface area contributed by atoms with Crippen molar-refractivity contribution in [3.8, 4) is 0 Å². The smallest absolute Gasteiger partial charge is 0.159 e. The molecule has 0 aromatic heterocycles. The lowest BCUT2D eigenvalue weighted by Gasteiger charge is -2.05. The molecule has 1 aromatic rings. The minimum atomic E-state index is -0.795. The Kier molecular flexibility index (Phi) is 5.96. The van der Waals surface area contributed by atoms with E-state index in [4.69, 9.17) is 0 Å². The van der Waals surface area contributed by atoms with Crippen molar-refractivity contribution in [2.45, 2.75) is 19.9 Å². The number of rotatable bonds is 7. The maximum atomic E-state index is 12.8. The second-order valence-corrected chi connectivity index (χ2v) is 3.63. The van der Waals surface area contributed by atoms with Gasteiger partial charge in [-0.3, -0.25) is 0 Å². The molecule has 0 bridgehead atoms. The van der Waals surface area contributed by atoms with Crippen LogP contribution in [0.15, 0.2) is 18.2 Å². The van der Waals surface area contributed by atoms with Crippen LogP contribution in [0.2, 0.25) is 0 Å². The van der Waals surface area contributed by atoms with Gasteiger partial charge in [0.1, 0.15) is 0 Å². The summed E-state index contributed by atoms with van der Waals surface area (Å²) < 4.78 is 25.5. The lowest BCUT2D eigenvalue weighted by Crippen LogP contribution is -2.21. The van der Waals surface area contributed by atoms with E-state index in [0.29, 0.717) is 6.54 Å². The van der Waals surface area contributed by atoms with E-state index in [1.54, 1.807) is 6.07 Å². The third kappa shape index (κ3) is 4.68. The average molecular weight is 228 g/mol. The first-order valence-corrected chi connectivity index (χ1v) is 5.59. The largest absolute Gasteiger partial charge is 0.317 e. The highest BCUT2D eigenvalue weighted by atomic mass is 19.2. The summed E-state index contributed by atoms with van der Waals surface area (Å²) in [7, 11) is 0. The molecule has 0 heterocycles. The zero-order valence-corrected chi connectivity index (χ0v) is 9.52. The standard InChI is InChI=1S/C12H18F2N2/c1-2-15-6-3-7-16-9-10-4-5-11(13)12(14)8-10/h4-5,8,15-16H,2-3,6-7,9H2,1H3. The Balaban J connectivity index is 2.19. The van der Waals surface area contributed by atoms with E-state index in [9.17, 15) is 8.78 Å². The van der Waals surface area contributed by atoms with E-state index in [2.05, 4.69) is 17.6 Å². The Hall–Kier alpha value is -1.00. The molecular weight excluding hydrogens is 210 g/mol. The summed E-state index contributed by atoms with van der Waals surface area (Å²) in [6, 6.07) is 3.98. The van der Waals surface area contributed by atoms with Gasteiger partial charge in [-0.25, -0.2) is 8.78 Å². The van der Waals surface area contributed by atoms with Crippen LogP contribution in [0.5, 0.6) is 0 Å². The SMILES string of the molecule is CCNCCCNCc1ccc(F)c(F)c1. The van der Waals surface area contributed by atoms with Crippen LogP contribution in [-0.2, 0) is 6.54 Å². The molecule has 0 aliphatic heterocycles. The van der Waals surface area contributed by atoms with Gasteiger partial charge in [-0.15, -0.1) is 0 Å². The van der Waals surface area contributed by atoms with Crippen molar-refractivity contribution in [1.82, 2.24) is 10.6 Å². The molecule has 0 amide bonds. The predicted octanol–water partition coefficient (Wildman–Crippen LogP) is 2.05. The minimum Gasteiger partial charge on any atom is -0.317 e. The summed E-state index contributed by atoms with van der Waals surface area (Å²) in [5, 5.41) is 6.39. The Morgan fingerprint density at radius 2 is 1.81 bits per heavy atom. The number of benzene rings is 1. The zero-order chi connectivity index (χ0) is 11.8. The van der Waals surface area contributed by atoms with Crippen molar-refractivity contribution in [3.63, 3.8) is 0 Å². The van der Waals surface area contributed by atoms with Crippen LogP contribution in [0.1, 0.15) is 18.9 Å². The predicted molar refractivity (Wildman–Crippen MR) is 61.2 cm³/mol. The van der Waals surface area contributed by atoms with Crippen molar-refractivity contribution >= 4 is 0 Å². The van der Waals surface area contributed by atoms with Gasteiger partial charge < -0.3 is 10.6 Å². The highest BCUT2D eigenvalue weighted by Crippen LogP contribution is 2.08. The topological polar surface area (TPSA) is 24.1 Å². The summed E-state index contributed by atoms with van der Waals surface area (Å²) in [5.74, 6) is -1.58. The number of nitrogens with one attached hydrogen (secondary N) is 2. The quantitative estimate of drug-likeness (QED) is 0.698. The van der Waals surface area contributed by atoms with Crippen molar-refractivity contribution in [3.05, 3.63) is 35.4 Å². The second-order valence-electron chi connectivity index (χ2n) is 3.63. The molecule has 0 radical (unpaired) electrons. The molecule has 0 saturated heterocycles. The molecular formula is C12H18F2N2. The van der Waals surface area contributed by atoms with Gasteiger partial charge in [-0.05, 0) is 43.8 Å². The molecule has 0 aliphatic carbocycles. The molecule has 16 heavy (non-hydrogen) atoms. The van der Waals surface area contributed by atoms with Crippen molar-refractivity contribution in [2.24, 2.45) is 0 Å². The van der Waals surface area contributed by atoms with Crippen LogP contribution in [0.3, 0.4) is 0 Å². The van der Waals surface area contributed by atoms with Gasteiger partial charge in [0.05, 0.1) is 0 Å². The van der Waals surface area contributed by atoms with Crippen molar-refractivity contribution in [2.75, 3.05) is 19.6 Å². The molecule has 1 rings (SSSR count). The zero-order valence-electron chi connectivity index (χ0n) is 9.52. The van der Waals surface area contributed by atoms with Crippen LogP contribution in [0.25, 0.3) is 0 Å². The van der Waals surface area contributed by atoms with Gasteiger partial charge in [-0.1, -0.05) is 13.0 Å². The van der Waals surface area contributed by atoms with Crippen LogP contribution in [0.4, 0.5) is 8.78 Å². The molecule has 90 valence electrons. The molecule has 0 saturated carbocycles. The Labute approximate surface area is 95.1 Å². The molecule has 1 aromatic carbocycles. The molecule has 2 nitrogen and oxygen atoms in total. The summed E-state index contributed by atoms with van der Waals surface area (Å²) in [6.45, 7) is 5.45. The fraction of sp³-hybridized carbons (Fsp3) is 0.500. The van der Waals surface area contributed by atoms with E-state index >= 15 is 0 Å². The van der Waals surface area contributed by atoms with Crippen LogP contribution in [0, 0.1) is 11.6 Å². The molecule has 0 aliphatic rings. The summed E-state index contributed by atoms with van der Waals surface area (Å²) in [6.07, 6.45) is 1.03. The average Bonchev–Trinajstić information content (AvgIpc) is 2.28. The maximum absolute atomic E-state index is 12.8. The molecule has 0 fully saturated rings. The van der Waals surface area contributed by atoms with Gasteiger partial charge in [-0.2, -0.15) is 0 Å². The first kappa shape index (κ1) is 13.1. The van der Waals surface area contributed by atoms with Crippen LogP contribution < -0.4 is 10.6 Å². The van der Waals surface area contributed by atoms with Gasteiger partial charge in [0.25, 0.3) is 0 Å². The Bertz CT molecular complexity index is 316. The van der Waals surface area contributed by atoms with Gasteiger partial charge in [0.2, 0.25) is 0 Å². The number of hydrogen-bond donors (Lipinski definition) is 2. The molecule has 2 N–H and O–H groups in total. The summed E-state index contributed by atoms with van der Waals surface area (Å²) in [4.78, 5) is 0. The third-order valence-electron chi connectivity index (χ3n) is 2.27. The summed E-state index contributed by atoms with van der Waals surface area (Å²) in [5.41, 5.74) is 0.766. The first-order valence-electron chi connectivity index (χ1n) is 5.59. The number of halogens is 2. The lowest BCUT2D eigenvalue weighted by atomic mass is 10.2. The number of hydrogen-bond acceptors (Lipinski definition) is 2. The highest BCUT2D eigenvalue weighted by molar-refractivity contribution is 5.17. The van der Waals surface area contributed by atoms with Gasteiger partial charge >= 0.3 is 0 Å². The third-order valence-corrected chi connectivity index (χ3v) is 2.27. The van der Waals surface area contributed by atoms with Crippen LogP contribution >= 0.6 is 0 Å². The Morgan fingerprint density at radius 1 is 1.06 bits per heavy atom. The molecule has 0 spiro atoms. The highest BCUT2D eigenvalue weighted by Gasteiger charge is 2.01. The molecule has 0 atom stereocenters. The van der Waals surface area contributed by atoms with Crippen molar-refractivity contribution in [1.29, 1.82) is 0 Å². The fourth-order valence-corrected chi connectivity index (χ4v) is 1.40. The Morgan fingerprint density at radius 3 is 2.50 bits per heavy atom. The normalized spacial score (nSPS) is 10.7. The minimum absolute atomic E-state index is 0.573. The maximum Gasteiger partial charge on any atom is 0.159 e. The van der Waals surface area contributed by atoms with E-state index in [-0.39, 0.29) is 0 Å². The van der Waals surface area contributed by atoms with Gasteiger partial charge in [0.15, 0.2) is 11.6 Å². The monoisotopic (exact) mass is 228 g/mol. The molecule has 0 unspecified atom stereocenters. The second kappa shape index (κ2) is 7.30. The van der Waals surface area contributed by atoms with Gasteiger partial charge in [0, 0.05) is 6.54 Å². The van der Waals surface area contributed by atoms with Crippen LogP contribution in [-0.4, -0.2) is 19.6 Å². The first-order chi connectivity index (χ1) is 7.74.